The summed E-state index contributed by atoms with van der Waals surface area (Å²) >= 11 is 0. The molecule has 0 amide bonds. The molecule has 2 heteroatoms. The first kappa shape index (κ1) is 23.6. The standard InChI is InChI=1S/C21H44P2/c1-14-15-17(23(20(8,9)10)21(11,12)13)16-22(18(2,3)4)19(5,6)7/h16H,14-15H2,1-13H3. The van der Waals surface area contributed by atoms with Crippen molar-refractivity contribution < 1.29 is 0 Å². The second kappa shape index (κ2) is 7.87. The van der Waals surface area contributed by atoms with Crippen LogP contribution in [-0.4, -0.2) is 20.6 Å². The Morgan fingerprint density at radius 2 is 1.00 bits per heavy atom. The Kier molecular flexibility index (Phi) is 8.08. The average Bonchev–Trinajstić information content (AvgIpc) is 2.18. The van der Waals surface area contributed by atoms with Gasteiger partial charge in [-0.15, -0.1) is 0 Å². The first-order valence-corrected chi connectivity index (χ1v) is 12.0. The van der Waals surface area contributed by atoms with Crippen molar-refractivity contribution in [3.63, 3.8) is 0 Å². The molecule has 0 nitrogen and oxygen atoms in total. The third-order valence-electron chi connectivity index (χ3n) is 3.86. The molecule has 0 fully saturated rings. The molecule has 0 aromatic carbocycles. The lowest BCUT2D eigenvalue weighted by molar-refractivity contribution is 0.704. The molecule has 0 bridgehead atoms. The van der Waals surface area contributed by atoms with Crippen LogP contribution in [0.15, 0.2) is 11.1 Å². The fourth-order valence-corrected chi connectivity index (χ4v) is 12.1. The minimum absolute atomic E-state index is 0.162. The van der Waals surface area contributed by atoms with E-state index in [4.69, 9.17) is 0 Å². The van der Waals surface area contributed by atoms with Crippen molar-refractivity contribution in [2.75, 3.05) is 0 Å². The SMILES string of the molecule is CCCC(=CP(C(C)(C)C)C(C)(C)C)P(C(C)(C)C)C(C)(C)C. The predicted octanol–water partition coefficient (Wildman–Crippen LogP) is 8.79. The van der Waals surface area contributed by atoms with Gasteiger partial charge in [-0.25, -0.2) is 0 Å². The summed E-state index contributed by atoms with van der Waals surface area (Å²) in [6, 6.07) is 0. The molecule has 0 spiro atoms. The van der Waals surface area contributed by atoms with E-state index in [1.807, 2.05) is 0 Å². The van der Waals surface area contributed by atoms with Crippen LogP contribution in [0.5, 0.6) is 0 Å². The van der Waals surface area contributed by atoms with Crippen molar-refractivity contribution in [2.24, 2.45) is 0 Å². The maximum absolute atomic E-state index is 2.76. The minimum Gasteiger partial charge on any atom is -0.0718 e. The molecule has 0 aliphatic heterocycles. The molecule has 0 radical (unpaired) electrons. The van der Waals surface area contributed by atoms with Gasteiger partial charge in [0.05, 0.1) is 0 Å². The summed E-state index contributed by atoms with van der Waals surface area (Å²) in [5.74, 6) is 2.76. The van der Waals surface area contributed by atoms with Crippen molar-refractivity contribution in [3.05, 3.63) is 11.1 Å². The van der Waals surface area contributed by atoms with E-state index in [0.717, 1.165) is 0 Å². The summed E-state index contributed by atoms with van der Waals surface area (Å²) in [5.41, 5.74) is 0. The molecule has 0 aromatic rings. The Labute approximate surface area is 150 Å². The molecule has 0 atom stereocenters. The zero-order chi connectivity index (χ0) is 18.9. The highest BCUT2D eigenvalue weighted by atomic mass is 31.1. The van der Waals surface area contributed by atoms with Gasteiger partial charge in [0.15, 0.2) is 0 Å². The van der Waals surface area contributed by atoms with E-state index in [2.05, 4.69) is 95.8 Å². The molecule has 0 unspecified atom stereocenters. The van der Waals surface area contributed by atoms with Crippen LogP contribution in [0.4, 0.5) is 0 Å². The summed E-state index contributed by atoms with van der Waals surface area (Å²) in [6.07, 6.45) is 2.53. The fraction of sp³-hybridized carbons (Fsp3) is 0.905. The summed E-state index contributed by atoms with van der Waals surface area (Å²) in [7, 11) is -0.328. The van der Waals surface area contributed by atoms with Crippen LogP contribution < -0.4 is 0 Å². The highest BCUT2D eigenvalue weighted by molar-refractivity contribution is 7.68. The Morgan fingerprint density at radius 1 is 0.652 bits per heavy atom. The van der Waals surface area contributed by atoms with Gasteiger partial charge in [-0.1, -0.05) is 118 Å². The predicted molar refractivity (Wildman–Crippen MR) is 116 cm³/mol. The maximum atomic E-state index is 2.76. The zero-order valence-corrected chi connectivity index (χ0v) is 20.2. The van der Waals surface area contributed by atoms with E-state index in [0.29, 0.717) is 20.6 Å². The van der Waals surface area contributed by atoms with E-state index in [9.17, 15) is 0 Å². The van der Waals surface area contributed by atoms with Crippen LogP contribution in [-0.2, 0) is 0 Å². The van der Waals surface area contributed by atoms with Crippen LogP contribution >= 0.6 is 15.8 Å². The van der Waals surface area contributed by atoms with Gasteiger partial charge in [-0.05, 0) is 32.4 Å². The van der Waals surface area contributed by atoms with Crippen LogP contribution in [0.25, 0.3) is 0 Å². The molecule has 23 heavy (non-hydrogen) atoms. The first-order valence-electron chi connectivity index (χ1n) is 9.23. The van der Waals surface area contributed by atoms with Crippen LogP contribution in [0.2, 0.25) is 0 Å². The lowest BCUT2D eigenvalue weighted by Gasteiger charge is -2.46. The molecule has 0 aliphatic rings. The Bertz CT molecular complexity index is 364. The molecular formula is C21H44P2. The van der Waals surface area contributed by atoms with Crippen LogP contribution in [0, 0.1) is 0 Å². The third kappa shape index (κ3) is 7.57. The van der Waals surface area contributed by atoms with Crippen molar-refractivity contribution >= 4 is 15.8 Å². The van der Waals surface area contributed by atoms with Crippen molar-refractivity contribution in [1.29, 1.82) is 0 Å². The average molecular weight is 359 g/mol. The van der Waals surface area contributed by atoms with E-state index in [-0.39, 0.29) is 15.8 Å². The molecule has 0 aliphatic carbocycles. The number of hydrogen-bond donors (Lipinski definition) is 0. The quantitative estimate of drug-likeness (QED) is 0.440. The van der Waals surface area contributed by atoms with Crippen LogP contribution in [0.3, 0.4) is 0 Å². The summed E-state index contributed by atoms with van der Waals surface area (Å²) in [5, 5.41) is 3.24. The largest absolute Gasteiger partial charge is 0.0718 e. The van der Waals surface area contributed by atoms with Gasteiger partial charge in [0, 0.05) is 0 Å². The zero-order valence-electron chi connectivity index (χ0n) is 18.4. The second-order valence-electron chi connectivity index (χ2n) is 10.8. The van der Waals surface area contributed by atoms with Crippen molar-refractivity contribution in [2.45, 2.75) is 123 Å². The smallest absolute Gasteiger partial charge is 0.0138 e. The maximum Gasteiger partial charge on any atom is -0.0138 e. The molecule has 0 N–H and O–H groups in total. The lowest BCUT2D eigenvalue weighted by Crippen LogP contribution is -2.27. The van der Waals surface area contributed by atoms with Gasteiger partial charge in [-0.3, -0.25) is 0 Å². The summed E-state index contributed by atoms with van der Waals surface area (Å²) < 4.78 is 0. The van der Waals surface area contributed by atoms with Crippen molar-refractivity contribution in [3.8, 4) is 0 Å². The lowest BCUT2D eigenvalue weighted by atomic mass is 10.2. The summed E-state index contributed by atoms with van der Waals surface area (Å²) in [4.78, 5) is 0. The van der Waals surface area contributed by atoms with Gasteiger partial charge in [-0.2, -0.15) is 0 Å². The molecular weight excluding hydrogens is 314 g/mol. The van der Waals surface area contributed by atoms with Gasteiger partial charge in [0.25, 0.3) is 0 Å². The highest BCUT2D eigenvalue weighted by Gasteiger charge is 2.39. The van der Waals surface area contributed by atoms with Gasteiger partial charge in [0.2, 0.25) is 0 Å². The molecule has 0 saturated carbocycles. The van der Waals surface area contributed by atoms with Gasteiger partial charge in [0.1, 0.15) is 0 Å². The monoisotopic (exact) mass is 358 g/mol. The molecule has 0 saturated heterocycles. The highest BCUT2D eigenvalue weighted by Crippen LogP contribution is 2.70. The Hall–Kier alpha value is 0.600. The fourth-order valence-electron chi connectivity index (χ4n) is 3.90. The molecule has 138 valence electrons. The first-order chi connectivity index (χ1) is 9.92. The van der Waals surface area contributed by atoms with Crippen LogP contribution in [0.1, 0.15) is 103 Å². The number of allylic oxidation sites excluding steroid dienone is 1. The van der Waals surface area contributed by atoms with Crippen molar-refractivity contribution in [1.82, 2.24) is 0 Å². The molecule has 0 heterocycles. The van der Waals surface area contributed by atoms with Gasteiger partial charge < -0.3 is 0 Å². The topological polar surface area (TPSA) is 0 Å². The molecule has 0 aromatic heterocycles. The van der Waals surface area contributed by atoms with E-state index < -0.39 is 0 Å². The van der Waals surface area contributed by atoms with E-state index in [1.54, 1.807) is 5.31 Å². The van der Waals surface area contributed by atoms with E-state index in [1.165, 1.54) is 12.8 Å². The second-order valence-corrected chi connectivity index (χ2v) is 18.4. The normalized spacial score (nSPS) is 15.7. The Balaban J connectivity index is 6.20. The Morgan fingerprint density at radius 3 is 1.22 bits per heavy atom. The number of rotatable bonds is 4. The van der Waals surface area contributed by atoms with E-state index >= 15 is 0 Å². The molecule has 0 rings (SSSR count). The summed E-state index contributed by atoms with van der Waals surface area (Å²) in [6.45, 7) is 31.6. The van der Waals surface area contributed by atoms with Gasteiger partial charge >= 0.3 is 0 Å². The minimum atomic E-state index is -0.166. The number of hydrogen-bond acceptors (Lipinski definition) is 0. The third-order valence-corrected chi connectivity index (χ3v) is 11.1.